The molecular formula is C15H22N2O4. The summed E-state index contributed by atoms with van der Waals surface area (Å²) in [5.41, 5.74) is 1.55. The fourth-order valence-corrected chi connectivity index (χ4v) is 2.40. The second kappa shape index (κ2) is 7.17. The third-order valence-corrected chi connectivity index (χ3v) is 3.66. The molecule has 116 valence electrons. The van der Waals surface area contributed by atoms with Crippen LogP contribution < -0.4 is 0 Å². The van der Waals surface area contributed by atoms with Gasteiger partial charge in [-0.3, -0.25) is 19.8 Å². The minimum absolute atomic E-state index is 0.0521. The molecule has 6 heteroatoms. The number of nitro benzene ring substituents is 1. The van der Waals surface area contributed by atoms with Crippen LogP contribution in [0, 0.1) is 17.0 Å². The third-order valence-electron chi connectivity index (χ3n) is 3.66. The molecular weight excluding hydrogens is 272 g/mol. The zero-order valence-electron chi connectivity index (χ0n) is 12.9. The van der Waals surface area contributed by atoms with Gasteiger partial charge in [-0.1, -0.05) is 12.1 Å². The number of aliphatic carboxylic acids is 1. The van der Waals surface area contributed by atoms with E-state index in [4.69, 9.17) is 5.11 Å². The molecule has 21 heavy (non-hydrogen) atoms. The quantitative estimate of drug-likeness (QED) is 0.617. The minimum Gasteiger partial charge on any atom is -0.481 e. The predicted molar refractivity (Wildman–Crippen MR) is 80.3 cm³/mol. The van der Waals surface area contributed by atoms with Crippen LogP contribution in [-0.2, 0) is 4.79 Å². The minimum atomic E-state index is -0.845. The summed E-state index contributed by atoms with van der Waals surface area (Å²) in [5, 5.41) is 19.9. The molecule has 1 rings (SSSR count). The van der Waals surface area contributed by atoms with Crippen molar-refractivity contribution in [2.24, 2.45) is 0 Å². The maximum Gasteiger partial charge on any atom is 0.304 e. The number of carboxylic acid groups (broad SMARTS) is 1. The van der Waals surface area contributed by atoms with Gasteiger partial charge in [-0.15, -0.1) is 0 Å². The number of nitrogens with zero attached hydrogens (tertiary/aromatic N) is 2. The van der Waals surface area contributed by atoms with Crippen molar-refractivity contribution in [3.8, 4) is 0 Å². The normalized spacial score (nSPS) is 12.7. The van der Waals surface area contributed by atoms with Gasteiger partial charge in [0, 0.05) is 30.3 Å². The van der Waals surface area contributed by atoms with E-state index in [2.05, 4.69) is 0 Å². The number of aryl methyl sites for hydroxylation is 1. The number of nitro groups is 1. The largest absolute Gasteiger partial charge is 0.481 e. The maximum absolute atomic E-state index is 11.0. The van der Waals surface area contributed by atoms with E-state index in [0.717, 1.165) is 5.56 Å². The van der Waals surface area contributed by atoms with Crippen LogP contribution >= 0.6 is 0 Å². The van der Waals surface area contributed by atoms with Crippen molar-refractivity contribution >= 4 is 11.7 Å². The number of carbonyl (C=O) groups is 1. The molecule has 1 unspecified atom stereocenters. The lowest BCUT2D eigenvalue weighted by atomic mass is 10.0. The lowest BCUT2D eigenvalue weighted by Crippen LogP contribution is -2.35. The van der Waals surface area contributed by atoms with E-state index in [-0.39, 0.29) is 29.1 Å². The van der Waals surface area contributed by atoms with Crippen LogP contribution in [0.1, 0.15) is 44.4 Å². The number of hydrogen-bond acceptors (Lipinski definition) is 4. The van der Waals surface area contributed by atoms with Crippen molar-refractivity contribution < 1.29 is 14.8 Å². The van der Waals surface area contributed by atoms with Crippen LogP contribution in [-0.4, -0.2) is 33.5 Å². The summed E-state index contributed by atoms with van der Waals surface area (Å²) >= 11 is 0. The first-order chi connectivity index (χ1) is 9.73. The molecule has 1 N–H and O–H groups in total. The van der Waals surface area contributed by atoms with Crippen molar-refractivity contribution in [2.75, 3.05) is 6.54 Å². The standard InChI is InChI=1S/C15H22N2O4/c1-10(2)16(8-7-15(18)19)12(4)13-6-5-11(3)14(9-13)17(20)21/h5-6,9-10,12H,7-8H2,1-4H3,(H,18,19). The molecule has 0 aliphatic rings. The SMILES string of the molecule is Cc1ccc(C(C)N(CCC(=O)O)C(C)C)cc1[N+](=O)[O-]. The molecule has 1 aromatic carbocycles. The molecule has 1 aromatic rings. The Balaban J connectivity index is 3.03. The molecule has 0 aliphatic carbocycles. The lowest BCUT2D eigenvalue weighted by molar-refractivity contribution is -0.385. The van der Waals surface area contributed by atoms with Gasteiger partial charge in [0.1, 0.15) is 0 Å². The van der Waals surface area contributed by atoms with Gasteiger partial charge in [0.25, 0.3) is 5.69 Å². The molecule has 0 saturated heterocycles. The zero-order valence-corrected chi connectivity index (χ0v) is 12.9. The van der Waals surface area contributed by atoms with Gasteiger partial charge in [0.05, 0.1) is 11.3 Å². The Morgan fingerprint density at radius 2 is 2.00 bits per heavy atom. The summed E-state index contributed by atoms with van der Waals surface area (Å²) in [6.07, 6.45) is 0.0521. The number of rotatable bonds is 7. The molecule has 6 nitrogen and oxygen atoms in total. The van der Waals surface area contributed by atoms with E-state index in [1.165, 1.54) is 0 Å². The fourth-order valence-electron chi connectivity index (χ4n) is 2.40. The van der Waals surface area contributed by atoms with Gasteiger partial charge in [-0.2, -0.15) is 0 Å². The smallest absolute Gasteiger partial charge is 0.304 e. The van der Waals surface area contributed by atoms with Crippen LogP contribution in [0.2, 0.25) is 0 Å². The zero-order chi connectivity index (χ0) is 16.2. The highest BCUT2D eigenvalue weighted by atomic mass is 16.6. The number of hydrogen-bond donors (Lipinski definition) is 1. The summed E-state index contributed by atoms with van der Waals surface area (Å²) < 4.78 is 0. The van der Waals surface area contributed by atoms with E-state index in [9.17, 15) is 14.9 Å². The predicted octanol–water partition coefficient (Wildman–Crippen LogP) is 3.15. The van der Waals surface area contributed by atoms with E-state index < -0.39 is 5.97 Å². The Kier molecular flexibility index (Phi) is 5.84. The summed E-state index contributed by atoms with van der Waals surface area (Å²) in [7, 11) is 0. The number of carboxylic acids is 1. The molecule has 0 spiro atoms. The first-order valence-corrected chi connectivity index (χ1v) is 6.96. The Morgan fingerprint density at radius 1 is 1.38 bits per heavy atom. The Morgan fingerprint density at radius 3 is 2.48 bits per heavy atom. The van der Waals surface area contributed by atoms with Crippen LogP contribution in [0.5, 0.6) is 0 Å². The molecule has 1 atom stereocenters. The van der Waals surface area contributed by atoms with Crippen LogP contribution in [0.3, 0.4) is 0 Å². The fraction of sp³-hybridized carbons (Fsp3) is 0.533. The molecule has 0 saturated carbocycles. The molecule has 0 fully saturated rings. The first-order valence-electron chi connectivity index (χ1n) is 6.96. The van der Waals surface area contributed by atoms with Crippen molar-refractivity contribution in [1.82, 2.24) is 4.90 Å². The van der Waals surface area contributed by atoms with E-state index in [1.807, 2.05) is 31.7 Å². The maximum atomic E-state index is 11.0. The first kappa shape index (κ1) is 17.1. The third kappa shape index (κ3) is 4.53. The summed E-state index contributed by atoms with van der Waals surface area (Å²) in [5.74, 6) is -0.845. The molecule has 0 aromatic heterocycles. The van der Waals surface area contributed by atoms with Crippen molar-refractivity contribution in [2.45, 2.75) is 46.2 Å². The summed E-state index contributed by atoms with van der Waals surface area (Å²) in [6, 6.07) is 5.25. The molecule has 0 aliphatic heterocycles. The van der Waals surface area contributed by atoms with E-state index in [1.54, 1.807) is 19.1 Å². The Hall–Kier alpha value is -1.95. The highest BCUT2D eigenvalue weighted by Gasteiger charge is 2.22. The lowest BCUT2D eigenvalue weighted by Gasteiger charge is -2.32. The highest BCUT2D eigenvalue weighted by Crippen LogP contribution is 2.27. The van der Waals surface area contributed by atoms with E-state index in [0.29, 0.717) is 12.1 Å². The van der Waals surface area contributed by atoms with Gasteiger partial charge in [0.2, 0.25) is 0 Å². The molecule has 0 heterocycles. The van der Waals surface area contributed by atoms with Crippen molar-refractivity contribution in [1.29, 1.82) is 0 Å². The highest BCUT2D eigenvalue weighted by molar-refractivity contribution is 5.66. The van der Waals surface area contributed by atoms with Crippen molar-refractivity contribution in [3.63, 3.8) is 0 Å². The van der Waals surface area contributed by atoms with Crippen molar-refractivity contribution in [3.05, 3.63) is 39.4 Å². The van der Waals surface area contributed by atoms with Crippen LogP contribution in [0.4, 0.5) is 5.69 Å². The molecule has 0 bridgehead atoms. The summed E-state index contributed by atoms with van der Waals surface area (Å²) in [6.45, 7) is 8.03. The monoisotopic (exact) mass is 294 g/mol. The van der Waals surface area contributed by atoms with Crippen LogP contribution in [0.15, 0.2) is 18.2 Å². The van der Waals surface area contributed by atoms with Gasteiger partial charge in [-0.25, -0.2) is 0 Å². The second-order valence-corrected chi connectivity index (χ2v) is 5.45. The van der Waals surface area contributed by atoms with Gasteiger partial charge in [0.15, 0.2) is 0 Å². The van der Waals surface area contributed by atoms with Gasteiger partial charge >= 0.3 is 5.97 Å². The Labute approximate surface area is 124 Å². The summed E-state index contributed by atoms with van der Waals surface area (Å²) in [4.78, 5) is 23.4. The molecule has 0 radical (unpaired) electrons. The van der Waals surface area contributed by atoms with E-state index >= 15 is 0 Å². The van der Waals surface area contributed by atoms with Gasteiger partial charge < -0.3 is 5.11 Å². The average Bonchev–Trinajstić information content (AvgIpc) is 2.38. The second-order valence-electron chi connectivity index (χ2n) is 5.45. The number of benzene rings is 1. The van der Waals surface area contributed by atoms with Gasteiger partial charge in [-0.05, 0) is 33.3 Å². The topological polar surface area (TPSA) is 83.7 Å². The Bertz CT molecular complexity index is 528. The molecule has 0 amide bonds. The average molecular weight is 294 g/mol. The van der Waals surface area contributed by atoms with Crippen LogP contribution in [0.25, 0.3) is 0 Å².